The molecule has 0 saturated carbocycles. The molecule has 1 aliphatic rings. The molecule has 2 aromatic rings. The van der Waals surface area contributed by atoms with E-state index in [4.69, 9.17) is 0 Å². The minimum atomic E-state index is -0.374. The largest absolute Gasteiger partial charge is 0.390 e. The van der Waals surface area contributed by atoms with Crippen molar-refractivity contribution in [3.05, 3.63) is 30.0 Å². The number of hydrogen-bond donors (Lipinski definition) is 1. The lowest BCUT2D eigenvalue weighted by atomic mass is 10.2. The van der Waals surface area contributed by atoms with Crippen LogP contribution in [0.25, 0.3) is 0 Å². The van der Waals surface area contributed by atoms with Crippen LogP contribution in [0.5, 0.6) is 0 Å². The van der Waals surface area contributed by atoms with Gasteiger partial charge in [-0.1, -0.05) is 0 Å². The monoisotopic (exact) mass is 293 g/mol. The van der Waals surface area contributed by atoms with Crippen molar-refractivity contribution in [1.29, 1.82) is 0 Å². The Morgan fingerprint density at radius 1 is 1.20 bits per heavy atom. The Morgan fingerprint density at radius 3 is 2.70 bits per heavy atom. The second kappa shape index (κ2) is 6.34. The summed E-state index contributed by atoms with van der Waals surface area (Å²) in [5.41, 5.74) is 0. The highest BCUT2D eigenvalue weighted by Crippen LogP contribution is 2.18. The van der Waals surface area contributed by atoms with Crippen LogP contribution < -0.4 is 4.90 Å². The quantitative estimate of drug-likeness (QED) is 0.871. The molecule has 7 heteroatoms. The summed E-state index contributed by atoms with van der Waals surface area (Å²) in [6.07, 6.45) is 5.09. The lowest BCUT2D eigenvalue weighted by molar-refractivity contribution is 0.0920. The van der Waals surface area contributed by atoms with Crippen LogP contribution in [0.15, 0.2) is 30.0 Å². The Hall–Kier alpha value is -1.44. The van der Waals surface area contributed by atoms with E-state index in [0.717, 1.165) is 31.3 Å². The molecule has 3 rings (SSSR count). The molecule has 1 fully saturated rings. The first-order chi connectivity index (χ1) is 9.81. The van der Waals surface area contributed by atoms with E-state index in [1.807, 2.05) is 23.8 Å². The molecule has 20 heavy (non-hydrogen) atoms. The third-order valence-electron chi connectivity index (χ3n) is 3.49. The second-order valence-corrected chi connectivity index (χ2v) is 5.86. The van der Waals surface area contributed by atoms with Gasteiger partial charge in [-0.05, 0) is 6.07 Å². The Balaban J connectivity index is 1.44. The van der Waals surface area contributed by atoms with Crippen LogP contribution in [0, 0.1) is 0 Å². The van der Waals surface area contributed by atoms with E-state index in [1.54, 1.807) is 22.2 Å². The topological polar surface area (TPSA) is 57.4 Å². The van der Waals surface area contributed by atoms with E-state index >= 15 is 0 Å². The summed E-state index contributed by atoms with van der Waals surface area (Å²) in [5, 5.41) is 17.3. The van der Waals surface area contributed by atoms with Crippen molar-refractivity contribution < 1.29 is 5.11 Å². The van der Waals surface area contributed by atoms with Crippen LogP contribution in [0.4, 0.5) is 5.13 Å². The fourth-order valence-corrected chi connectivity index (χ4v) is 3.17. The number of aliphatic hydroxyl groups is 1. The molecule has 0 bridgehead atoms. The molecule has 0 aliphatic carbocycles. The lowest BCUT2D eigenvalue weighted by Gasteiger charge is -2.35. The van der Waals surface area contributed by atoms with E-state index in [2.05, 4.69) is 19.9 Å². The fraction of sp³-hybridized carbons (Fsp3) is 0.538. The smallest absolute Gasteiger partial charge is 0.185 e. The Labute approximate surface area is 122 Å². The van der Waals surface area contributed by atoms with Gasteiger partial charge in [0.2, 0.25) is 0 Å². The third-order valence-corrected chi connectivity index (χ3v) is 4.32. The van der Waals surface area contributed by atoms with Crippen LogP contribution in [-0.2, 0) is 6.54 Å². The number of rotatable bonds is 5. The Kier molecular flexibility index (Phi) is 4.29. The van der Waals surface area contributed by atoms with E-state index in [-0.39, 0.29) is 6.10 Å². The van der Waals surface area contributed by atoms with Gasteiger partial charge in [-0.25, -0.2) is 4.98 Å². The number of piperazine rings is 1. The third kappa shape index (κ3) is 3.36. The molecule has 0 amide bonds. The van der Waals surface area contributed by atoms with Gasteiger partial charge in [-0.3, -0.25) is 9.58 Å². The summed E-state index contributed by atoms with van der Waals surface area (Å²) in [7, 11) is 0. The highest BCUT2D eigenvalue weighted by atomic mass is 32.1. The van der Waals surface area contributed by atoms with Gasteiger partial charge in [0.05, 0.1) is 12.6 Å². The van der Waals surface area contributed by atoms with Crippen molar-refractivity contribution in [2.24, 2.45) is 0 Å². The van der Waals surface area contributed by atoms with Gasteiger partial charge in [0.15, 0.2) is 5.13 Å². The summed E-state index contributed by atoms with van der Waals surface area (Å²) in [4.78, 5) is 8.95. The van der Waals surface area contributed by atoms with Crippen molar-refractivity contribution in [2.45, 2.75) is 12.6 Å². The zero-order chi connectivity index (χ0) is 13.8. The standard InChI is InChI=1S/C13H19N5OS/c19-12(11-18-4-1-2-15-18)10-16-5-7-17(8-6-16)13-14-3-9-20-13/h1-4,9,12,19H,5-8,10-11H2. The number of anilines is 1. The average Bonchev–Trinajstić information content (AvgIpc) is 3.12. The summed E-state index contributed by atoms with van der Waals surface area (Å²) in [6.45, 7) is 5.14. The van der Waals surface area contributed by atoms with Gasteiger partial charge in [-0.2, -0.15) is 5.10 Å². The first-order valence-corrected chi connectivity index (χ1v) is 7.71. The van der Waals surface area contributed by atoms with Crippen LogP contribution in [0.2, 0.25) is 0 Å². The van der Waals surface area contributed by atoms with Gasteiger partial charge in [0.25, 0.3) is 0 Å². The second-order valence-electron chi connectivity index (χ2n) is 4.98. The SMILES string of the molecule is OC(CN1CCN(c2nccs2)CC1)Cn1cccn1. The number of thiazole rings is 1. The highest BCUT2D eigenvalue weighted by Gasteiger charge is 2.20. The van der Waals surface area contributed by atoms with Gasteiger partial charge >= 0.3 is 0 Å². The molecule has 6 nitrogen and oxygen atoms in total. The van der Waals surface area contributed by atoms with E-state index in [9.17, 15) is 5.11 Å². The maximum atomic E-state index is 10.1. The van der Waals surface area contributed by atoms with Crippen molar-refractivity contribution in [1.82, 2.24) is 19.7 Å². The minimum absolute atomic E-state index is 0.374. The van der Waals surface area contributed by atoms with Gasteiger partial charge in [-0.15, -0.1) is 11.3 Å². The van der Waals surface area contributed by atoms with E-state index in [1.165, 1.54) is 0 Å². The average molecular weight is 293 g/mol. The van der Waals surface area contributed by atoms with Gasteiger partial charge < -0.3 is 10.0 Å². The molecule has 3 heterocycles. The maximum absolute atomic E-state index is 10.1. The number of aliphatic hydroxyl groups excluding tert-OH is 1. The molecule has 1 atom stereocenters. The Morgan fingerprint density at radius 2 is 2.05 bits per heavy atom. The van der Waals surface area contributed by atoms with Crippen LogP contribution in [0.1, 0.15) is 0 Å². The zero-order valence-corrected chi connectivity index (χ0v) is 12.1. The van der Waals surface area contributed by atoms with Crippen molar-refractivity contribution in [3.8, 4) is 0 Å². The van der Waals surface area contributed by atoms with Crippen molar-refractivity contribution in [3.63, 3.8) is 0 Å². The Bertz CT molecular complexity index is 493. The number of aromatic nitrogens is 3. The molecule has 1 aliphatic heterocycles. The van der Waals surface area contributed by atoms with Crippen molar-refractivity contribution >= 4 is 16.5 Å². The summed E-state index contributed by atoms with van der Waals surface area (Å²) < 4.78 is 1.77. The molecule has 1 N–H and O–H groups in total. The first kappa shape index (κ1) is 13.5. The minimum Gasteiger partial charge on any atom is -0.390 e. The number of nitrogens with zero attached hydrogens (tertiary/aromatic N) is 5. The van der Waals surface area contributed by atoms with Crippen LogP contribution in [-0.4, -0.2) is 63.6 Å². The molecule has 1 unspecified atom stereocenters. The molecular weight excluding hydrogens is 274 g/mol. The van der Waals surface area contributed by atoms with E-state index < -0.39 is 0 Å². The molecule has 0 radical (unpaired) electrons. The summed E-state index contributed by atoms with van der Waals surface area (Å²) in [5.74, 6) is 0. The maximum Gasteiger partial charge on any atom is 0.185 e. The lowest BCUT2D eigenvalue weighted by Crippen LogP contribution is -2.49. The fourth-order valence-electron chi connectivity index (χ4n) is 2.47. The summed E-state index contributed by atoms with van der Waals surface area (Å²) in [6, 6.07) is 1.87. The molecule has 108 valence electrons. The highest BCUT2D eigenvalue weighted by molar-refractivity contribution is 7.13. The summed E-state index contributed by atoms with van der Waals surface area (Å²) >= 11 is 1.68. The van der Waals surface area contributed by atoms with Crippen molar-refractivity contribution in [2.75, 3.05) is 37.6 Å². The zero-order valence-electron chi connectivity index (χ0n) is 11.3. The number of hydrogen-bond acceptors (Lipinski definition) is 6. The van der Waals surface area contributed by atoms with Gasteiger partial charge in [0, 0.05) is 56.7 Å². The van der Waals surface area contributed by atoms with Crippen LogP contribution >= 0.6 is 11.3 Å². The normalized spacial score (nSPS) is 18.4. The molecular formula is C13H19N5OS. The van der Waals surface area contributed by atoms with E-state index in [0.29, 0.717) is 13.1 Å². The molecule has 1 saturated heterocycles. The van der Waals surface area contributed by atoms with Gasteiger partial charge in [0.1, 0.15) is 0 Å². The first-order valence-electron chi connectivity index (χ1n) is 6.83. The number of β-amino-alcohol motifs (C(OH)–C–C–N with tert-alkyl or cyclic N) is 1. The molecule has 0 aromatic carbocycles. The molecule has 2 aromatic heterocycles. The predicted octanol–water partition coefficient (Wildman–Crippen LogP) is 0.523. The van der Waals surface area contributed by atoms with Crippen LogP contribution in [0.3, 0.4) is 0 Å². The predicted molar refractivity (Wildman–Crippen MR) is 79.0 cm³/mol. The molecule has 0 spiro atoms.